The molecule has 6 heteroatoms. The maximum absolute atomic E-state index is 11.7. The number of carbonyl (C=O) groups is 2. The third-order valence-electron chi connectivity index (χ3n) is 4.49. The first kappa shape index (κ1) is 19.7. The predicted molar refractivity (Wildman–Crippen MR) is 84.4 cm³/mol. The number of nitrogens with zero attached hydrogens (tertiary/aromatic N) is 1. The second-order valence-corrected chi connectivity index (χ2v) is 5.64. The third kappa shape index (κ3) is 6.33. The van der Waals surface area contributed by atoms with Crippen molar-refractivity contribution >= 4 is 12.0 Å². The monoisotopic (exact) mass is 301 g/mol. The Morgan fingerprint density at radius 3 is 2.19 bits per heavy atom. The fraction of sp³-hybridized carbons (Fsp3) is 0.867. The lowest BCUT2D eigenvalue weighted by atomic mass is 9.82. The molecule has 0 aromatic carbocycles. The third-order valence-corrected chi connectivity index (χ3v) is 4.49. The van der Waals surface area contributed by atoms with Crippen molar-refractivity contribution in [2.45, 2.75) is 53.0 Å². The molecule has 0 heterocycles. The Labute approximate surface area is 128 Å². The van der Waals surface area contributed by atoms with Gasteiger partial charge in [-0.05, 0) is 33.2 Å². The molecule has 0 aromatic heterocycles. The minimum atomic E-state index is -0.870. The summed E-state index contributed by atoms with van der Waals surface area (Å²) in [5.41, 5.74) is -0.870. The highest BCUT2D eigenvalue weighted by Crippen LogP contribution is 2.25. The summed E-state index contributed by atoms with van der Waals surface area (Å²) in [6, 6.07) is 0.176. The molecule has 124 valence electrons. The van der Waals surface area contributed by atoms with Crippen LogP contribution in [0.25, 0.3) is 0 Å². The first-order valence-electron chi connectivity index (χ1n) is 7.78. The van der Waals surface area contributed by atoms with E-state index in [1.165, 1.54) is 0 Å². The molecule has 0 bridgehead atoms. The molecular formula is C15H31N3O3. The summed E-state index contributed by atoms with van der Waals surface area (Å²) < 4.78 is 0. The van der Waals surface area contributed by atoms with Crippen molar-refractivity contribution in [1.82, 2.24) is 15.5 Å². The van der Waals surface area contributed by atoms with Crippen LogP contribution < -0.4 is 10.6 Å². The van der Waals surface area contributed by atoms with Gasteiger partial charge in [-0.1, -0.05) is 20.8 Å². The van der Waals surface area contributed by atoms with E-state index in [1.54, 1.807) is 0 Å². The highest BCUT2D eigenvalue weighted by molar-refractivity contribution is 5.78. The minimum Gasteiger partial charge on any atom is -0.481 e. The van der Waals surface area contributed by atoms with Gasteiger partial charge < -0.3 is 20.6 Å². The van der Waals surface area contributed by atoms with Crippen LogP contribution in [0, 0.1) is 5.41 Å². The first-order valence-corrected chi connectivity index (χ1v) is 7.78. The summed E-state index contributed by atoms with van der Waals surface area (Å²) in [6.45, 7) is 9.41. The number of carboxylic acids is 1. The van der Waals surface area contributed by atoms with Crippen molar-refractivity contribution in [3.63, 3.8) is 0 Å². The fourth-order valence-electron chi connectivity index (χ4n) is 2.07. The molecule has 2 amide bonds. The standard InChI is InChI=1S/C15H31N3O3/c1-6-12(4)18(5)10-9-16-14(21)17-11-15(7-2,8-3)13(19)20/h12H,6-11H2,1-5H3,(H,19,20)(H2,16,17,21). The van der Waals surface area contributed by atoms with Crippen molar-refractivity contribution in [3.8, 4) is 0 Å². The van der Waals surface area contributed by atoms with Crippen molar-refractivity contribution in [2.24, 2.45) is 5.41 Å². The number of amides is 2. The van der Waals surface area contributed by atoms with E-state index >= 15 is 0 Å². The number of carbonyl (C=O) groups excluding carboxylic acids is 1. The van der Waals surface area contributed by atoms with Crippen LogP contribution in [0.15, 0.2) is 0 Å². The summed E-state index contributed by atoms with van der Waals surface area (Å²) >= 11 is 0. The highest BCUT2D eigenvalue weighted by Gasteiger charge is 2.35. The van der Waals surface area contributed by atoms with Gasteiger partial charge in [0.05, 0.1) is 5.41 Å². The number of nitrogens with one attached hydrogen (secondary N) is 2. The van der Waals surface area contributed by atoms with E-state index in [-0.39, 0.29) is 12.6 Å². The van der Waals surface area contributed by atoms with Crippen LogP contribution in [-0.2, 0) is 4.79 Å². The highest BCUT2D eigenvalue weighted by atomic mass is 16.4. The predicted octanol–water partition coefficient (Wildman–Crippen LogP) is 1.91. The molecule has 0 aromatic rings. The molecular weight excluding hydrogens is 270 g/mol. The maximum Gasteiger partial charge on any atom is 0.314 e. The Morgan fingerprint density at radius 2 is 1.76 bits per heavy atom. The molecule has 1 unspecified atom stereocenters. The fourth-order valence-corrected chi connectivity index (χ4v) is 2.07. The average Bonchev–Trinajstić information content (AvgIpc) is 2.47. The summed E-state index contributed by atoms with van der Waals surface area (Å²) in [6.07, 6.45) is 2.06. The van der Waals surface area contributed by atoms with Crippen LogP contribution >= 0.6 is 0 Å². The van der Waals surface area contributed by atoms with E-state index in [1.807, 2.05) is 20.9 Å². The van der Waals surface area contributed by atoms with E-state index in [4.69, 9.17) is 0 Å². The maximum atomic E-state index is 11.7. The van der Waals surface area contributed by atoms with Crippen LogP contribution in [0.1, 0.15) is 47.0 Å². The lowest BCUT2D eigenvalue weighted by molar-refractivity contribution is -0.149. The molecule has 1 atom stereocenters. The van der Waals surface area contributed by atoms with Crippen molar-refractivity contribution in [1.29, 1.82) is 0 Å². The van der Waals surface area contributed by atoms with Crippen LogP contribution in [0.2, 0.25) is 0 Å². The summed E-state index contributed by atoms with van der Waals surface area (Å²) in [5, 5.41) is 14.7. The van der Waals surface area contributed by atoms with Gasteiger partial charge in [-0.3, -0.25) is 4.79 Å². The van der Waals surface area contributed by atoms with Crippen molar-refractivity contribution in [3.05, 3.63) is 0 Å². The Hall–Kier alpha value is -1.30. The summed E-state index contributed by atoms with van der Waals surface area (Å²) in [7, 11) is 2.03. The number of urea groups is 1. The molecule has 0 saturated heterocycles. The van der Waals surface area contributed by atoms with Gasteiger partial charge in [0.1, 0.15) is 0 Å². The van der Waals surface area contributed by atoms with Crippen molar-refractivity contribution < 1.29 is 14.7 Å². The number of carboxylic acid groups (broad SMARTS) is 1. The molecule has 3 N–H and O–H groups in total. The van der Waals surface area contributed by atoms with Gasteiger partial charge in [-0.25, -0.2) is 4.79 Å². The first-order chi connectivity index (χ1) is 9.82. The van der Waals surface area contributed by atoms with Gasteiger partial charge in [0.15, 0.2) is 0 Å². The van der Waals surface area contributed by atoms with E-state index < -0.39 is 11.4 Å². The molecule has 0 rings (SSSR count). The minimum absolute atomic E-state index is 0.155. The molecule has 0 aliphatic carbocycles. The largest absolute Gasteiger partial charge is 0.481 e. The second-order valence-electron chi connectivity index (χ2n) is 5.64. The smallest absolute Gasteiger partial charge is 0.314 e. The number of hydrogen-bond donors (Lipinski definition) is 3. The Morgan fingerprint density at radius 1 is 1.19 bits per heavy atom. The Bertz CT molecular complexity index is 330. The molecule has 0 aliphatic rings. The number of likely N-dealkylation sites (N-methyl/N-ethyl adjacent to an activating group) is 1. The second kappa shape index (κ2) is 9.60. The molecule has 21 heavy (non-hydrogen) atoms. The zero-order valence-corrected chi connectivity index (χ0v) is 14.0. The van der Waals surface area contributed by atoms with Crippen LogP contribution in [-0.4, -0.2) is 54.7 Å². The molecule has 0 fully saturated rings. The normalized spacial score (nSPS) is 13.0. The zero-order valence-electron chi connectivity index (χ0n) is 14.0. The van der Waals surface area contributed by atoms with E-state index in [2.05, 4.69) is 29.4 Å². The summed E-state index contributed by atoms with van der Waals surface area (Å²) in [4.78, 5) is 25.2. The van der Waals surface area contributed by atoms with Gasteiger partial charge in [0.25, 0.3) is 0 Å². The summed E-state index contributed by atoms with van der Waals surface area (Å²) in [5.74, 6) is -0.857. The Balaban J connectivity index is 4.13. The number of aliphatic carboxylic acids is 1. The van der Waals surface area contributed by atoms with E-state index in [0.717, 1.165) is 13.0 Å². The van der Waals surface area contributed by atoms with E-state index in [9.17, 15) is 14.7 Å². The molecule has 0 radical (unpaired) electrons. The lowest BCUT2D eigenvalue weighted by Gasteiger charge is -2.27. The van der Waals surface area contributed by atoms with Gasteiger partial charge in [-0.15, -0.1) is 0 Å². The molecule has 0 saturated carbocycles. The average molecular weight is 301 g/mol. The lowest BCUT2D eigenvalue weighted by Crippen LogP contribution is -2.47. The van der Waals surface area contributed by atoms with Crippen molar-refractivity contribution in [2.75, 3.05) is 26.7 Å². The zero-order chi connectivity index (χ0) is 16.5. The molecule has 6 nitrogen and oxygen atoms in total. The van der Waals surface area contributed by atoms with Crippen LogP contribution in [0.5, 0.6) is 0 Å². The molecule has 0 spiro atoms. The van der Waals surface area contributed by atoms with Gasteiger partial charge >= 0.3 is 12.0 Å². The van der Waals surface area contributed by atoms with Gasteiger partial charge in [0, 0.05) is 25.7 Å². The number of hydrogen-bond acceptors (Lipinski definition) is 3. The number of rotatable bonds is 10. The molecule has 0 aliphatic heterocycles. The SMILES string of the molecule is CCC(C)N(C)CCNC(=O)NCC(CC)(CC)C(=O)O. The van der Waals surface area contributed by atoms with Gasteiger partial charge in [0.2, 0.25) is 0 Å². The quantitative estimate of drug-likeness (QED) is 0.575. The van der Waals surface area contributed by atoms with Gasteiger partial charge in [-0.2, -0.15) is 0 Å². The van der Waals surface area contributed by atoms with E-state index in [0.29, 0.717) is 25.4 Å². The topological polar surface area (TPSA) is 81.7 Å². The van der Waals surface area contributed by atoms with Crippen LogP contribution in [0.3, 0.4) is 0 Å². The van der Waals surface area contributed by atoms with Crippen LogP contribution in [0.4, 0.5) is 4.79 Å². The Kier molecular flexibility index (Phi) is 9.01.